The number of hydrogen-bond donors (Lipinski definition) is 1. The van der Waals surface area contributed by atoms with Gasteiger partial charge in [-0.2, -0.15) is 5.10 Å². The Morgan fingerprint density at radius 3 is 3.00 bits per heavy atom. The van der Waals surface area contributed by atoms with Crippen LogP contribution in [0, 0.1) is 0 Å². The van der Waals surface area contributed by atoms with Gasteiger partial charge in [-0.05, 0) is 31.5 Å². The summed E-state index contributed by atoms with van der Waals surface area (Å²) in [7, 11) is 1.80. The smallest absolute Gasteiger partial charge is 0.261 e. The van der Waals surface area contributed by atoms with E-state index >= 15 is 0 Å². The second-order valence-corrected chi connectivity index (χ2v) is 6.26. The highest BCUT2D eigenvalue weighted by atomic mass is 16.1. The third kappa shape index (κ3) is 2.60. The van der Waals surface area contributed by atoms with E-state index in [1.54, 1.807) is 17.9 Å². The lowest BCUT2D eigenvalue weighted by Crippen LogP contribution is -2.36. The maximum atomic E-state index is 12.6. The minimum atomic E-state index is 0.00354. The molecule has 0 amide bonds. The predicted octanol–water partition coefficient (Wildman–Crippen LogP) is 1.78. The maximum Gasteiger partial charge on any atom is 0.261 e. The molecule has 0 saturated carbocycles. The first-order valence-corrected chi connectivity index (χ1v) is 8.28. The molecule has 24 heavy (non-hydrogen) atoms. The Kier molecular flexibility index (Phi) is 3.86. The molecule has 1 aliphatic rings. The van der Waals surface area contributed by atoms with Crippen molar-refractivity contribution in [1.29, 1.82) is 0 Å². The quantitative estimate of drug-likeness (QED) is 0.794. The Balaban J connectivity index is 1.70. The van der Waals surface area contributed by atoms with Crippen molar-refractivity contribution in [1.82, 2.24) is 29.6 Å². The van der Waals surface area contributed by atoms with Crippen molar-refractivity contribution < 1.29 is 0 Å². The Bertz CT molecular complexity index is 901. The van der Waals surface area contributed by atoms with Crippen LogP contribution in [-0.4, -0.2) is 36.2 Å². The van der Waals surface area contributed by atoms with E-state index in [0.717, 1.165) is 36.6 Å². The van der Waals surface area contributed by atoms with Gasteiger partial charge in [-0.25, -0.2) is 9.97 Å². The summed E-state index contributed by atoms with van der Waals surface area (Å²) < 4.78 is 1.66. The minimum absolute atomic E-state index is 0.00354. The third-order valence-electron chi connectivity index (χ3n) is 4.78. The lowest BCUT2D eigenvalue weighted by atomic mass is 10.0. The number of H-pyrrole nitrogens is 1. The first kappa shape index (κ1) is 15.0. The minimum Gasteiger partial charge on any atom is -0.298 e. The van der Waals surface area contributed by atoms with Gasteiger partial charge >= 0.3 is 0 Å². The molecule has 1 atom stereocenters. The summed E-state index contributed by atoms with van der Waals surface area (Å²) in [5.41, 5.74) is 0.757. The molecule has 7 nitrogen and oxygen atoms in total. The fourth-order valence-electron chi connectivity index (χ4n) is 3.45. The zero-order chi connectivity index (χ0) is 16.5. The van der Waals surface area contributed by atoms with Gasteiger partial charge in [0.15, 0.2) is 0 Å². The second kappa shape index (κ2) is 6.16. The fraction of sp³-hybridized carbons (Fsp3) is 0.412. The number of aromatic amines is 1. The molecule has 4 rings (SSSR count). The number of nitrogens with zero attached hydrogens (tertiary/aromatic N) is 5. The van der Waals surface area contributed by atoms with E-state index < -0.39 is 0 Å². The zero-order valence-electron chi connectivity index (χ0n) is 13.6. The van der Waals surface area contributed by atoms with Crippen LogP contribution in [0.2, 0.25) is 0 Å². The van der Waals surface area contributed by atoms with Crippen LogP contribution < -0.4 is 5.56 Å². The molecule has 1 N–H and O–H groups in total. The van der Waals surface area contributed by atoms with Crippen molar-refractivity contribution in [3.63, 3.8) is 0 Å². The van der Waals surface area contributed by atoms with Gasteiger partial charge in [0.25, 0.3) is 5.56 Å². The van der Waals surface area contributed by atoms with Crippen molar-refractivity contribution in [2.75, 3.05) is 6.54 Å². The molecule has 124 valence electrons. The highest BCUT2D eigenvalue weighted by Gasteiger charge is 2.27. The molecular formula is C17H20N6O. The van der Waals surface area contributed by atoms with E-state index in [-0.39, 0.29) is 11.6 Å². The first-order valence-electron chi connectivity index (χ1n) is 8.28. The van der Waals surface area contributed by atoms with Crippen molar-refractivity contribution in [2.24, 2.45) is 7.05 Å². The molecule has 2 aromatic heterocycles. The van der Waals surface area contributed by atoms with E-state index in [4.69, 9.17) is 4.98 Å². The molecule has 1 aromatic carbocycles. The summed E-state index contributed by atoms with van der Waals surface area (Å²) in [4.78, 5) is 24.0. The number of rotatable bonds is 3. The normalized spacial score (nSPS) is 19.0. The predicted molar refractivity (Wildman–Crippen MR) is 90.4 cm³/mol. The summed E-state index contributed by atoms with van der Waals surface area (Å²) in [6.45, 7) is 1.59. The van der Waals surface area contributed by atoms with Crippen molar-refractivity contribution in [3.05, 3.63) is 52.6 Å². The highest BCUT2D eigenvalue weighted by Crippen LogP contribution is 2.29. The average molecular weight is 324 g/mol. The van der Waals surface area contributed by atoms with Crippen molar-refractivity contribution in [3.8, 4) is 0 Å². The number of nitrogens with one attached hydrogen (secondary N) is 1. The van der Waals surface area contributed by atoms with E-state index in [0.29, 0.717) is 11.9 Å². The molecule has 7 heteroatoms. The topological polar surface area (TPSA) is 79.7 Å². The number of fused-ring (bicyclic) bond motifs is 1. The lowest BCUT2D eigenvalue weighted by molar-refractivity contribution is 0.129. The number of para-hydroxylation sites is 1. The molecular weight excluding hydrogens is 304 g/mol. The number of piperidine rings is 1. The molecule has 0 aliphatic carbocycles. The third-order valence-corrected chi connectivity index (χ3v) is 4.78. The van der Waals surface area contributed by atoms with Gasteiger partial charge in [0.05, 0.1) is 23.5 Å². The Labute approximate surface area is 139 Å². The summed E-state index contributed by atoms with van der Waals surface area (Å²) in [6.07, 6.45) is 4.90. The fourth-order valence-corrected chi connectivity index (χ4v) is 3.45. The molecule has 1 saturated heterocycles. The van der Waals surface area contributed by atoms with E-state index in [1.807, 2.05) is 24.3 Å². The van der Waals surface area contributed by atoms with E-state index in [2.05, 4.69) is 20.1 Å². The van der Waals surface area contributed by atoms with Gasteiger partial charge in [-0.1, -0.05) is 18.6 Å². The standard InChI is InChI=1S/C17H20N6O/c1-22-15(20-13-7-3-2-6-12(13)17(22)24)10-23-9-5-4-8-14(23)16-18-11-19-21-16/h2-3,6-7,11,14H,4-5,8-10H2,1H3,(H,18,19,21)/t14-/m0/s1. The molecule has 0 unspecified atom stereocenters. The molecule has 1 aliphatic heterocycles. The number of likely N-dealkylation sites (tertiary alicyclic amines) is 1. The lowest BCUT2D eigenvalue weighted by Gasteiger charge is -2.34. The number of hydrogen-bond acceptors (Lipinski definition) is 5. The first-order chi connectivity index (χ1) is 11.7. The van der Waals surface area contributed by atoms with Crippen LogP contribution in [0.1, 0.15) is 37.0 Å². The van der Waals surface area contributed by atoms with Gasteiger partial charge in [0.1, 0.15) is 18.0 Å². The summed E-state index contributed by atoms with van der Waals surface area (Å²) in [5.74, 6) is 1.67. The Morgan fingerprint density at radius 2 is 2.17 bits per heavy atom. The van der Waals surface area contributed by atoms with E-state index in [1.165, 1.54) is 6.42 Å². The average Bonchev–Trinajstić information content (AvgIpc) is 3.14. The van der Waals surface area contributed by atoms with Gasteiger partial charge in [0.2, 0.25) is 0 Å². The monoisotopic (exact) mass is 324 g/mol. The van der Waals surface area contributed by atoms with Gasteiger partial charge in [0, 0.05) is 7.05 Å². The molecule has 3 heterocycles. The van der Waals surface area contributed by atoms with Gasteiger partial charge in [-0.3, -0.25) is 19.4 Å². The SMILES string of the molecule is Cn1c(CN2CCCC[C@H]2c2ncn[nH]2)nc2ccccc2c1=O. The van der Waals surface area contributed by atoms with Crippen molar-refractivity contribution >= 4 is 10.9 Å². The van der Waals surface area contributed by atoms with Crippen molar-refractivity contribution in [2.45, 2.75) is 31.8 Å². The zero-order valence-corrected chi connectivity index (χ0v) is 13.6. The highest BCUT2D eigenvalue weighted by molar-refractivity contribution is 5.77. The van der Waals surface area contributed by atoms with E-state index in [9.17, 15) is 4.79 Å². The second-order valence-electron chi connectivity index (χ2n) is 6.26. The summed E-state index contributed by atoms with van der Waals surface area (Å²) in [5, 5.41) is 7.63. The molecule has 0 radical (unpaired) electrons. The Hall–Kier alpha value is -2.54. The molecule has 0 spiro atoms. The van der Waals surface area contributed by atoms with Crippen LogP contribution in [0.25, 0.3) is 10.9 Å². The number of benzene rings is 1. The molecule has 3 aromatic rings. The van der Waals surface area contributed by atoms with Crippen LogP contribution >= 0.6 is 0 Å². The summed E-state index contributed by atoms with van der Waals surface area (Å²) in [6, 6.07) is 7.70. The van der Waals surface area contributed by atoms with Crippen LogP contribution in [-0.2, 0) is 13.6 Å². The van der Waals surface area contributed by atoms with Crippen LogP contribution in [0.15, 0.2) is 35.4 Å². The molecule has 0 bridgehead atoms. The van der Waals surface area contributed by atoms with Crippen LogP contribution in [0.3, 0.4) is 0 Å². The van der Waals surface area contributed by atoms with Crippen LogP contribution in [0.4, 0.5) is 0 Å². The van der Waals surface area contributed by atoms with Gasteiger partial charge in [-0.15, -0.1) is 0 Å². The van der Waals surface area contributed by atoms with Crippen LogP contribution in [0.5, 0.6) is 0 Å². The Morgan fingerprint density at radius 1 is 1.29 bits per heavy atom. The largest absolute Gasteiger partial charge is 0.298 e. The molecule has 1 fully saturated rings. The number of aromatic nitrogens is 5. The van der Waals surface area contributed by atoms with Gasteiger partial charge < -0.3 is 0 Å². The summed E-state index contributed by atoms with van der Waals surface area (Å²) >= 11 is 0. The maximum absolute atomic E-state index is 12.6.